The summed E-state index contributed by atoms with van der Waals surface area (Å²) in [4.78, 5) is 33.0. The quantitative estimate of drug-likeness (QED) is 0.273. The topological polar surface area (TPSA) is 122 Å². The second-order valence-electron chi connectivity index (χ2n) is 11.5. The summed E-state index contributed by atoms with van der Waals surface area (Å²) in [5.41, 5.74) is -8.63. The molecule has 2 amide bonds. The van der Waals surface area contributed by atoms with Crippen LogP contribution in [0.3, 0.4) is 0 Å². The standard InChI is InChI=1S/C26H26F10N6O3S/c1-23(45)12-19(41(14-23)15-37)21(43)42(17-2-4-18(5-3-17)46(32,33,34,35)36)25(26(29,30)31,20-13-38-10-11-39-20)22(44)40-16-6-8-24(27,28)9-7-16/h2-5,10-11,13,16,19,45H,6-9,12,14H2,1H3,(H,40,44)/t19-,23-,25?/m1/s1. The summed E-state index contributed by atoms with van der Waals surface area (Å²) >= 11 is 0. The van der Waals surface area contributed by atoms with Gasteiger partial charge in [0.05, 0.1) is 18.3 Å². The van der Waals surface area contributed by atoms with Crippen LogP contribution >= 0.6 is 10.2 Å². The van der Waals surface area contributed by atoms with E-state index in [4.69, 9.17) is 0 Å². The largest absolute Gasteiger partial charge is 0.427 e. The number of nitrogens with zero attached hydrogens (tertiary/aromatic N) is 5. The highest BCUT2D eigenvalue weighted by Gasteiger charge is 2.70. The Bertz CT molecular complexity index is 1530. The van der Waals surface area contributed by atoms with Crippen LogP contribution in [0.1, 0.15) is 44.7 Å². The number of aliphatic hydroxyl groups is 1. The number of rotatable bonds is 7. The number of amides is 2. The summed E-state index contributed by atoms with van der Waals surface area (Å²) < 4.78 is 142. The second-order valence-corrected chi connectivity index (χ2v) is 13.9. The zero-order valence-electron chi connectivity index (χ0n) is 23.6. The van der Waals surface area contributed by atoms with Crippen molar-refractivity contribution in [2.75, 3.05) is 11.4 Å². The van der Waals surface area contributed by atoms with E-state index in [1.54, 1.807) is 0 Å². The minimum absolute atomic E-state index is 0.111. The molecule has 2 heterocycles. The molecular formula is C26H26F10N6O3S. The van der Waals surface area contributed by atoms with Crippen LogP contribution in [0.2, 0.25) is 0 Å². The van der Waals surface area contributed by atoms with Gasteiger partial charge in [-0.3, -0.25) is 29.4 Å². The third-order valence-corrected chi connectivity index (χ3v) is 8.92. The van der Waals surface area contributed by atoms with Crippen molar-refractivity contribution < 1.29 is 56.1 Å². The number of halogens is 10. The highest BCUT2D eigenvalue weighted by atomic mass is 32.5. The lowest BCUT2D eigenvalue weighted by Gasteiger charge is -2.45. The number of nitrogens with one attached hydrogen (secondary N) is 1. The molecule has 1 aliphatic carbocycles. The Balaban J connectivity index is 2.00. The normalized spacial score (nSPS) is 25.0. The lowest BCUT2D eigenvalue weighted by molar-refractivity contribution is -0.199. The molecule has 2 aliphatic rings. The van der Waals surface area contributed by atoms with Crippen LogP contribution < -0.4 is 10.2 Å². The molecule has 3 atom stereocenters. The molecule has 2 N–H and O–H groups in total. The number of aromatic nitrogens is 2. The second kappa shape index (κ2) is 10.6. The van der Waals surface area contributed by atoms with Crippen LogP contribution in [-0.2, 0) is 15.1 Å². The number of benzene rings is 1. The SMILES string of the molecule is C[C@@]1(O)C[C@H](C(=O)N(c2ccc(S(F)(F)(F)(F)F)cc2)C(C(=O)NC2CCC(F)(F)CC2)(c2cnccn2)C(F)(F)F)N(C#N)C1. The van der Waals surface area contributed by atoms with Crippen molar-refractivity contribution >= 4 is 27.7 Å². The first-order chi connectivity index (χ1) is 20.8. The predicted octanol–water partition coefficient (Wildman–Crippen LogP) is 5.93. The molecular weight excluding hydrogens is 666 g/mol. The molecule has 46 heavy (non-hydrogen) atoms. The minimum Gasteiger partial charge on any atom is -0.388 e. The smallest absolute Gasteiger partial charge is 0.388 e. The van der Waals surface area contributed by atoms with Crippen LogP contribution in [-0.4, -0.2) is 68.1 Å². The van der Waals surface area contributed by atoms with E-state index in [9.17, 15) is 48.2 Å². The van der Waals surface area contributed by atoms with Gasteiger partial charge in [0, 0.05) is 43.4 Å². The first kappa shape index (κ1) is 35.0. The Kier molecular flexibility index (Phi) is 8.05. The first-order valence-electron chi connectivity index (χ1n) is 13.4. The van der Waals surface area contributed by atoms with Gasteiger partial charge in [-0.25, -0.2) is 8.78 Å². The highest BCUT2D eigenvalue weighted by Crippen LogP contribution is 3.02. The Hall–Kier alpha value is -3.86. The molecule has 1 aromatic heterocycles. The summed E-state index contributed by atoms with van der Waals surface area (Å²) in [5.74, 6) is -7.00. The van der Waals surface area contributed by atoms with Crippen molar-refractivity contribution in [3.8, 4) is 6.19 Å². The minimum atomic E-state index is -10.4. The molecule has 4 rings (SSSR count). The van der Waals surface area contributed by atoms with E-state index in [0.717, 1.165) is 13.1 Å². The third kappa shape index (κ3) is 6.79. The average Bonchev–Trinajstić information content (AvgIpc) is 3.25. The molecule has 20 heteroatoms. The maximum Gasteiger partial charge on any atom is 0.427 e. The van der Waals surface area contributed by atoms with Crippen molar-refractivity contribution in [1.29, 1.82) is 5.26 Å². The molecule has 1 aliphatic heterocycles. The highest BCUT2D eigenvalue weighted by molar-refractivity contribution is 8.45. The number of nitriles is 1. The molecule has 0 radical (unpaired) electrons. The molecule has 1 unspecified atom stereocenters. The molecule has 9 nitrogen and oxygen atoms in total. The van der Waals surface area contributed by atoms with Crippen LogP contribution in [0.5, 0.6) is 0 Å². The summed E-state index contributed by atoms with van der Waals surface area (Å²) in [6.45, 7) is 0.563. The molecule has 1 aromatic carbocycles. The first-order valence-corrected chi connectivity index (χ1v) is 15.4. The van der Waals surface area contributed by atoms with Crippen molar-refractivity contribution in [2.24, 2.45) is 0 Å². The van der Waals surface area contributed by atoms with E-state index < -0.39 is 112 Å². The van der Waals surface area contributed by atoms with Gasteiger partial charge in [-0.05, 0) is 44.0 Å². The van der Waals surface area contributed by atoms with Crippen LogP contribution in [0.15, 0.2) is 47.8 Å². The van der Waals surface area contributed by atoms with Gasteiger partial charge in [-0.1, -0.05) is 19.4 Å². The van der Waals surface area contributed by atoms with Crippen LogP contribution in [0, 0.1) is 11.5 Å². The molecule has 2 aromatic rings. The van der Waals surface area contributed by atoms with Gasteiger partial charge in [0.15, 0.2) is 6.19 Å². The van der Waals surface area contributed by atoms with Gasteiger partial charge < -0.3 is 10.4 Å². The van der Waals surface area contributed by atoms with Gasteiger partial charge in [0.1, 0.15) is 16.6 Å². The van der Waals surface area contributed by atoms with Crippen LogP contribution in [0.4, 0.5) is 47.1 Å². The van der Waals surface area contributed by atoms with E-state index in [-0.39, 0.29) is 29.2 Å². The fourth-order valence-electron chi connectivity index (χ4n) is 5.58. The third-order valence-electron chi connectivity index (χ3n) is 7.76. The number of alkyl halides is 5. The fraction of sp³-hybridized carbons (Fsp3) is 0.500. The van der Waals surface area contributed by atoms with E-state index >= 15 is 13.2 Å². The number of carbonyl (C=O) groups is 2. The van der Waals surface area contributed by atoms with E-state index in [1.807, 2.05) is 5.32 Å². The monoisotopic (exact) mass is 692 g/mol. The maximum atomic E-state index is 15.6. The number of likely N-dealkylation sites (tertiary alicyclic amines) is 1. The number of β-amino-alcohol motifs (C(OH)–C–C–N with tert-alkyl or cyclic N) is 1. The molecule has 1 saturated carbocycles. The van der Waals surface area contributed by atoms with E-state index in [1.165, 1.54) is 6.19 Å². The Morgan fingerprint density at radius 1 is 1.09 bits per heavy atom. The lowest BCUT2D eigenvalue weighted by atomic mass is 9.86. The average molecular weight is 693 g/mol. The van der Waals surface area contributed by atoms with Gasteiger partial charge in [0.2, 0.25) is 5.92 Å². The number of carbonyl (C=O) groups excluding carboxylic acids is 2. The summed E-state index contributed by atoms with van der Waals surface area (Å²) in [6, 6.07) is -3.57. The van der Waals surface area contributed by atoms with E-state index in [0.29, 0.717) is 17.3 Å². The number of hydrogen-bond donors (Lipinski definition) is 2. The summed E-state index contributed by atoms with van der Waals surface area (Å²) in [6.07, 6.45) is -5.67. The zero-order chi connectivity index (χ0) is 34.6. The molecule has 0 bridgehead atoms. The van der Waals surface area contributed by atoms with Crippen molar-refractivity contribution in [3.05, 3.63) is 48.5 Å². The van der Waals surface area contributed by atoms with Crippen molar-refractivity contribution in [2.45, 2.75) is 79.2 Å². The molecule has 0 spiro atoms. The molecule has 1 saturated heterocycles. The predicted molar refractivity (Wildman–Crippen MR) is 142 cm³/mol. The summed E-state index contributed by atoms with van der Waals surface area (Å²) in [7, 11) is -10.4. The number of hydrogen-bond acceptors (Lipinski definition) is 7. The van der Waals surface area contributed by atoms with Gasteiger partial charge >= 0.3 is 16.4 Å². The lowest BCUT2D eigenvalue weighted by Crippen LogP contribution is -2.69. The Morgan fingerprint density at radius 2 is 1.67 bits per heavy atom. The van der Waals surface area contributed by atoms with Crippen molar-refractivity contribution in [3.63, 3.8) is 0 Å². The van der Waals surface area contributed by atoms with Gasteiger partial charge in [0.25, 0.3) is 17.4 Å². The van der Waals surface area contributed by atoms with Gasteiger partial charge in [-0.2, -0.15) is 18.4 Å². The maximum absolute atomic E-state index is 15.6. The fourth-order valence-corrected chi connectivity index (χ4v) is 6.23. The van der Waals surface area contributed by atoms with Gasteiger partial charge in [-0.15, -0.1) is 0 Å². The van der Waals surface area contributed by atoms with Crippen LogP contribution in [0.25, 0.3) is 0 Å². The summed E-state index contributed by atoms with van der Waals surface area (Å²) in [5, 5.41) is 22.2. The van der Waals surface area contributed by atoms with Crippen molar-refractivity contribution in [1.82, 2.24) is 20.2 Å². The molecule has 2 fully saturated rings. The number of anilines is 1. The Labute approximate surface area is 254 Å². The Morgan fingerprint density at radius 3 is 2.15 bits per heavy atom. The molecule has 254 valence electrons. The van der Waals surface area contributed by atoms with E-state index in [2.05, 4.69) is 9.97 Å². The zero-order valence-corrected chi connectivity index (χ0v) is 24.4.